The third kappa shape index (κ3) is 3.83. The van der Waals surface area contributed by atoms with Gasteiger partial charge in [0.05, 0.1) is 17.4 Å². The van der Waals surface area contributed by atoms with Gasteiger partial charge in [-0.05, 0) is 43.0 Å². The Kier molecular flexibility index (Phi) is 4.87. The zero-order chi connectivity index (χ0) is 19.0. The van der Waals surface area contributed by atoms with Crippen LogP contribution in [0.3, 0.4) is 0 Å². The first-order valence-electron chi connectivity index (χ1n) is 8.73. The molecule has 0 spiro atoms. The SMILES string of the molecule is Cc1nnc(NS(=O)(=O)c2ccc3c(c2)CN(C(=O)[C@@H]2CCOC2)CC3)s1. The zero-order valence-electron chi connectivity index (χ0n) is 14.8. The standard InChI is InChI=1S/C17H20N4O4S2/c1-11-18-19-17(26-11)20-27(23,24)15-3-2-12-4-6-21(9-14(12)8-15)16(22)13-5-7-25-10-13/h2-3,8,13H,4-7,9-10H2,1H3,(H,19,20)/t13-/m1/s1. The molecule has 1 aromatic heterocycles. The van der Waals surface area contributed by atoms with Gasteiger partial charge in [-0.3, -0.25) is 9.52 Å². The van der Waals surface area contributed by atoms with Crippen LogP contribution in [0, 0.1) is 12.8 Å². The summed E-state index contributed by atoms with van der Waals surface area (Å²) in [5, 5.41) is 8.55. The largest absolute Gasteiger partial charge is 0.381 e. The van der Waals surface area contributed by atoms with Crippen molar-refractivity contribution in [2.45, 2.75) is 31.2 Å². The maximum atomic E-state index is 12.7. The van der Waals surface area contributed by atoms with Crippen molar-refractivity contribution in [2.75, 3.05) is 24.5 Å². The van der Waals surface area contributed by atoms with Crippen LogP contribution in [0.1, 0.15) is 22.6 Å². The van der Waals surface area contributed by atoms with Gasteiger partial charge in [0.25, 0.3) is 10.0 Å². The molecule has 1 aromatic carbocycles. The summed E-state index contributed by atoms with van der Waals surface area (Å²) in [7, 11) is -3.75. The number of nitrogens with one attached hydrogen (secondary N) is 1. The van der Waals surface area contributed by atoms with Crippen LogP contribution in [0.2, 0.25) is 0 Å². The summed E-state index contributed by atoms with van der Waals surface area (Å²) in [5.41, 5.74) is 1.94. The van der Waals surface area contributed by atoms with E-state index in [0.717, 1.165) is 24.0 Å². The molecule has 3 heterocycles. The maximum absolute atomic E-state index is 12.7. The fourth-order valence-corrected chi connectivity index (χ4v) is 5.26. The molecule has 0 aliphatic carbocycles. The highest BCUT2D eigenvalue weighted by molar-refractivity contribution is 7.93. The molecule has 0 saturated carbocycles. The molecule has 1 saturated heterocycles. The number of ether oxygens (including phenoxy) is 1. The second-order valence-electron chi connectivity index (χ2n) is 6.73. The number of rotatable bonds is 4. The molecule has 0 radical (unpaired) electrons. The molecule has 0 unspecified atom stereocenters. The van der Waals surface area contributed by atoms with Crippen LogP contribution in [-0.4, -0.2) is 49.2 Å². The lowest BCUT2D eigenvalue weighted by atomic mass is 9.98. The third-order valence-electron chi connectivity index (χ3n) is 4.84. The highest BCUT2D eigenvalue weighted by atomic mass is 32.2. The van der Waals surface area contributed by atoms with E-state index >= 15 is 0 Å². The number of carbonyl (C=O) groups excluding carboxylic acids is 1. The van der Waals surface area contributed by atoms with Crippen molar-refractivity contribution in [1.82, 2.24) is 15.1 Å². The van der Waals surface area contributed by atoms with Crippen LogP contribution >= 0.6 is 11.3 Å². The molecule has 1 fully saturated rings. The Bertz CT molecular complexity index is 967. The summed E-state index contributed by atoms with van der Waals surface area (Å²) >= 11 is 1.18. The van der Waals surface area contributed by atoms with E-state index < -0.39 is 10.0 Å². The minimum Gasteiger partial charge on any atom is -0.381 e. The molecule has 1 N–H and O–H groups in total. The van der Waals surface area contributed by atoms with E-state index in [1.165, 1.54) is 11.3 Å². The first-order valence-corrected chi connectivity index (χ1v) is 11.0. The van der Waals surface area contributed by atoms with E-state index in [2.05, 4.69) is 14.9 Å². The normalized spacial score (nSPS) is 19.7. The first-order chi connectivity index (χ1) is 12.9. The number of aryl methyl sites for hydroxylation is 1. The Hall–Kier alpha value is -2.04. The number of aromatic nitrogens is 2. The van der Waals surface area contributed by atoms with Crippen LogP contribution in [0.25, 0.3) is 0 Å². The predicted octanol–water partition coefficient (Wildman–Crippen LogP) is 1.57. The molecule has 2 aliphatic heterocycles. The molecule has 2 aliphatic rings. The molecule has 10 heteroatoms. The Balaban J connectivity index is 1.54. The van der Waals surface area contributed by atoms with Gasteiger partial charge in [0.15, 0.2) is 0 Å². The highest BCUT2D eigenvalue weighted by Crippen LogP contribution is 2.26. The van der Waals surface area contributed by atoms with E-state index in [0.29, 0.717) is 31.3 Å². The second kappa shape index (κ2) is 7.17. The minimum atomic E-state index is -3.75. The van der Waals surface area contributed by atoms with Crippen molar-refractivity contribution < 1.29 is 17.9 Å². The van der Waals surface area contributed by atoms with Crippen molar-refractivity contribution in [1.29, 1.82) is 0 Å². The van der Waals surface area contributed by atoms with Crippen molar-refractivity contribution in [2.24, 2.45) is 5.92 Å². The molecular weight excluding hydrogens is 388 g/mol. The molecular formula is C17H20N4O4S2. The van der Waals surface area contributed by atoms with E-state index in [4.69, 9.17) is 4.74 Å². The highest BCUT2D eigenvalue weighted by Gasteiger charge is 2.30. The van der Waals surface area contributed by atoms with Gasteiger partial charge in [-0.15, -0.1) is 10.2 Å². The van der Waals surface area contributed by atoms with Crippen LogP contribution in [-0.2, 0) is 32.5 Å². The van der Waals surface area contributed by atoms with Crippen LogP contribution < -0.4 is 4.72 Å². The molecule has 8 nitrogen and oxygen atoms in total. The molecule has 0 bridgehead atoms. The fourth-order valence-electron chi connectivity index (χ4n) is 3.39. The number of sulfonamides is 1. The second-order valence-corrected chi connectivity index (χ2v) is 9.60. The molecule has 1 amide bonds. The lowest BCUT2D eigenvalue weighted by molar-refractivity contribution is -0.136. The number of benzene rings is 1. The van der Waals surface area contributed by atoms with Crippen LogP contribution in [0.5, 0.6) is 0 Å². The van der Waals surface area contributed by atoms with E-state index in [9.17, 15) is 13.2 Å². The molecule has 27 heavy (non-hydrogen) atoms. The molecule has 2 aromatic rings. The Labute approximate surface area is 161 Å². The van der Waals surface area contributed by atoms with Gasteiger partial charge in [-0.1, -0.05) is 17.4 Å². The average Bonchev–Trinajstić information content (AvgIpc) is 3.32. The molecule has 1 atom stereocenters. The summed E-state index contributed by atoms with van der Waals surface area (Å²) in [6, 6.07) is 5.07. The van der Waals surface area contributed by atoms with Crippen molar-refractivity contribution in [3.05, 3.63) is 34.3 Å². The molecule has 144 valence electrons. The quantitative estimate of drug-likeness (QED) is 0.824. The van der Waals surface area contributed by atoms with E-state index in [1.54, 1.807) is 24.0 Å². The zero-order valence-corrected chi connectivity index (χ0v) is 16.5. The number of fused-ring (bicyclic) bond motifs is 1. The Morgan fingerprint density at radius 3 is 2.89 bits per heavy atom. The lowest BCUT2D eigenvalue weighted by Crippen LogP contribution is -2.40. The topological polar surface area (TPSA) is 101 Å². The summed E-state index contributed by atoms with van der Waals surface area (Å²) in [4.78, 5) is 14.6. The van der Waals surface area contributed by atoms with Crippen molar-refractivity contribution in [3.63, 3.8) is 0 Å². The minimum absolute atomic E-state index is 0.0826. The maximum Gasteiger partial charge on any atom is 0.263 e. The number of carbonyl (C=O) groups is 1. The van der Waals surface area contributed by atoms with Gasteiger partial charge in [0, 0.05) is 19.7 Å². The van der Waals surface area contributed by atoms with E-state index in [1.807, 2.05) is 6.07 Å². The predicted molar refractivity (Wildman–Crippen MR) is 99.9 cm³/mol. The number of hydrogen-bond donors (Lipinski definition) is 1. The van der Waals surface area contributed by atoms with Gasteiger partial charge in [-0.25, -0.2) is 8.42 Å². The van der Waals surface area contributed by atoms with Gasteiger partial charge < -0.3 is 9.64 Å². The number of hydrogen-bond acceptors (Lipinski definition) is 7. The Morgan fingerprint density at radius 1 is 1.33 bits per heavy atom. The van der Waals surface area contributed by atoms with Gasteiger partial charge >= 0.3 is 0 Å². The summed E-state index contributed by atoms with van der Waals surface area (Å²) in [6.45, 7) is 3.93. The van der Waals surface area contributed by atoms with Crippen LogP contribution in [0.4, 0.5) is 5.13 Å². The molecule has 4 rings (SSSR count). The lowest BCUT2D eigenvalue weighted by Gasteiger charge is -2.30. The number of anilines is 1. The summed E-state index contributed by atoms with van der Waals surface area (Å²) < 4.78 is 33.1. The number of nitrogens with zero attached hydrogens (tertiary/aromatic N) is 3. The summed E-state index contributed by atoms with van der Waals surface area (Å²) in [6.07, 6.45) is 1.47. The summed E-state index contributed by atoms with van der Waals surface area (Å²) in [5.74, 6) is 0.00893. The van der Waals surface area contributed by atoms with Crippen molar-refractivity contribution in [3.8, 4) is 0 Å². The van der Waals surface area contributed by atoms with Gasteiger partial charge in [0.2, 0.25) is 11.0 Å². The monoisotopic (exact) mass is 408 g/mol. The van der Waals surface area contributed by atoms with Crippen molar-refractivity contribution >= 4 is 32.4 Å². The Morgan fingerprint density at radius 2 is 2.19 bits per heavy atom. The van der Waals surface area contributed by atoms with Crippen LogP contribution in [0.15, 0.2) is 23.1 Å². The van der Waals surface area contributed by atoms with Gasteiger partial charge in [0.1, 0.15) is 5.01 Å². The number of amides is 1. The van der Waals surface area contributed by atoms with E-state index in [-0.39, 0.29) is 21.9 Å². The average molecular weight is 409 g/mol. The third-order valence-corrected chi connectivity index (χ3v) is 7.06. The smallest absolute Gasteiger partial charge is 0.263 e. The fraction of sp³-hybridized carbons (Fsp3) is 0.471. The first kappa shape index (κ1) is 18.3. The van der Waals surface area contributed by atoms with Gasteiger partial charge in [-0.2, -0.15) is 0 Å².